The molecule has 0 aliphatic heterocycles. The van der Waals surface area contributed by atoms with Crippen LogP contribution in [0, 0.1) is 0 Å². The molecule has 0 radical (unpaired) electrons. The third-order valence-electron chi connectivity index (χ3n) is 10.7. The van der Waals surface area contributed by atoms with Gasteiger partial charge in [0.05, 0.1) is 0 Å². The first-order valence-electron chi connectivity index (χ1n) is 16.6. The minimum Gasteiger partial charge on any atom is -0.0616 e. The highest BCUT2D eigenvalue weighted by atomic mass is 14.4. The fraction of sp³-hybridized carbons (Fsp3) is 0.0638. The molecule has 0 unspecified atom stereocenters. The van der Waals surface area contributed by atoms with Crippen LogP contribution in [-0.4, -0.2) is 0 Å². The van der Waals surface area contributed by atoms with Crippen molar-refractivity contribution in [2.24, 2.45) is 0 Å². The van der Waals surface area contributed by atoms with Gasteiger partial charge in [0.15, 0.2) is 0 Å². The maximum absolute atomic E-state index is 2.51. The van der Waals surface area contributed by atoms with Gasteiger partial charge in [-0.05, 0) is 117 Å². The molecule has 47 heavy (non-hydrogen) atoms. The molecule has 0 aromatic heterocycles. The molecule has 0 spiro atoms. The van der Waals surface area contributed by atoms with Crippen LogP contribution >= 0.6 is 0 Å². The molecule has 0 atom stereocenters. The zero-order valence-corrected chi connectivity index (χ0v) is 26.5. The smallest absolute Gasteiger partial charge is 0.0171 e. The SMILES string of the molecule is CC1(C)c2c(cc(-c3cccc(-c4c5ccccc5cc5ccccc45)c3)c3ccccc23)-c2c1c1ccccc1c1ccccc21. The summed E-state index contributed by atoms with van der Waals surface area (Å²) < 4.78 is 0. The Balaban J connectivity index is 1.30. The Labute approximate surface area is 274 Å². The summed E-state index contributed by atoms with van der Waals surface area (Å²) in [6.07, 6.45) is 0. The summed E-state index contributed by atoms with van der Waals surface area (Å²) in [6.45, 7) is 4.86. The van der Waals surface area contributed by atoms with E-state index in [-0.39, 0.29) is 5.41 Å². The van der Waals surface area contributed by atoms with Crippen LogP contribution in [0.4, 0.5) is 0 Å². The van der Waals surface area contributed by atoms with Gasteiger partial charge in [-0.1, -0.05) is 153 Å². The van der Waals surface area contributed by atoms with E-state index in [4.69, 9.17) is 0 Å². The predicted molar refractivity (Wildman–Crippen MR) is 202 cm³/mol. The van der Waals surface area contributed by atoms with E-state index in [1.54, 1.807) is 0 Å². The Morgan fingerprint density at radius 2 is 0.809 bits per heavy atom. The molecule has 9 aromatic carbocycles. The monoisotopic (exact) mass is 596 g/mol. The van der Waals surface area contributed by atoms with Crippen molar-refractivity contribution in [3.05, 3.63) is 169 Å². The fourth-order valence-corrected chi connectivity index (χ4v) is 8.85. The van der Waals surface area contributed by atoms with Gasteiger partial charge in [-0.15, -0.1) is 0 Å². The second-order valence-corrected chi connectivity index (χ2v) is 13.6. The fourth-order valence-electron chi connectivity index (χ4n) is 8.85. The third-order valence-corrected chi connectivity index (χ3v) is 10.7. The van der Waals surface area contributed by atoms with E-state index in [1.165, 1.54) is 98.4 Å². The van der Waals surface area contributed by atoms with Crippen molar-refractivity contribution in [1.29, 1.82) is 0 Å². The van der Waals surface area contributed by atoms with E-state index in [1.807, 2.05) is 0 Å². The summed E-state index contributed by atoms with van der Waals surface area (Å²) in [5.41, 5.74) is 10.6. The van der Waals surface area contributed by atoms with Crippen LogP contribution in [0.2, 0.25) is 0 Å². The summed E-state index contributed by atoms with van der Waals surface area (Å²) in [5, 5.41) is 13.1. The van der Waals surface area contributed by atoms with Gasteiger partial charge < -0.3 is 0 Å². The average Bonchev–Trinajstić information content (AvgIpc) is 3.37. The van der Waals surface area contributed by atoms with Crippen molar-refractivity contribution >= 4 is 53.9 Å². The molecule has 9 aromatic rings. The lowest BCUT2D eigenvalue weighted by molar-refractivity contribution is 0.672. The van der Waals surface area contributed by atoms with Crippen LogP contribution in [0.5, 0.6) is 0 Å². The minimum atomic E-state index is -0.157. The maximum atomic E-state index is 2.51. The van der Waals surface area contributed by atoms with Gasteiger partial charge in [0.2, 0.25) is 0 Å². The van der Waals surface area contributed by atoms with Crippen LogP contribution in [0.15, 0.2) is 158 Å². The standard InChI is InChI=1S/C47H32/c1-47(2)45-39-24-11-9-22-37(39)41(28-42(45)44-38-23-10-7-20-35(38)36-21-8-12-25-40(36)46(44)47)31-16-13-17-32(27-31)43-33-18-5-3-14-29(33)26-30-15-4-6-19-34(30)43/h3-28H,1-2H3. The lowest BCUT2D eigenvalue weighted by atomic mass is 9.77. The van der Waals surface area contributed by atoms with Gasteiger partial charge >= 0.3 is 0 Å². The zero-order chi connectivity index (χ0) is 31.3. The summed E-state index contributed by atoms with van der Waals surface area (Å²) >= 11 is 0. The Bertz CT molecular complexity index is 2700. The predicted octanol–water partition coefficient (Wildman–Crippen LogP) is 13.1. The summed E-state index contributed by atoms with van der Waals surface area (Å²) in [7, 11) is 0. The molecule has 0 fully saturated rings. The zero-order valence-electron chi connectivity index (χ0n) is 26.5. The van der Waals surface area contributed by atoms with Gasteiger partial charge in [-0.25, -0.2) is 0 Å². The van der Waals surface area contributed by atoms with Crippen molar-refractivity contribution < 1.29 is 0 Å². The van der Waals surface area contributed by atoms with E-state index in [2.05, 4.69) is 172 Å². The lowest BCUT2D eigenvalue weighted by Gasteiger charge is -2.25. The first kappa shape index (κ1) is 26.5. The van der Waals surface area contributed by atoms with E-state index >= 15 is 0 Å². The van der Waals surface area contributed by atoms with Crippen LogP contribution < -0.4 is 0 Å². The van der Waals surface area contributed by atoms with E-state index in [0.717, 1.165) is 0 Å². The van der Waals surface area contributed by atoms with Gasteiger partial charge in [0.25, 0.3) is 0 Å². The third kappa shape index (κ3) is 3.64. The van der Waals surface area contributed by atoms with Crippen molar-refractivity contribution in [3.8, 4) is 33.4 Å². The largest absolute Gasteiger partial charge is 0.0616 e. The highest BCUT2D eigenvalue weighted by Gasteiger charge is 2.40. The topological polar surface area (TPSA) is 0 Å². The van der Waals surface area contributed by atoms with Gasteiger partial charge in [0.1, 0.15) is 0 Å². The number of rotatable bonds is 2. The minimum absolute atomic E-state index is 0.157. The lowest BCUT2D eigenvalue weighted by Crippen LogP contribution is -2.16. The molecule has 220 valence electrons. The molecule has 0 heteroatoms. The van der Waals surface area contributed by atoms with Crippen LogP contribution in [0.3, 0.4) is 0 Å². The molecule has 0 saturated carbocycles. The Morgan fingerprint density at radius 1 is 0.319 bits per heavy atom. The van der Waals surface area contributed by atoms with Crippen molar-refractivity contribution in [1.82, 2.24) is 0 Å². The van der Waals surface area contributed by atoms with Gasteiger partial charge in [-0.2, -0.15) is 0 Å². The van der Waals surface area contributed by atoms with E-state index in [9.17, 15) is 0 Å². The summed E-state index contributed by atoms with van der Waals surface area (Å²) in [4.78, 5) is 0. The normalized spacial score (nSPS) is 13.5. The van der Waals surface area contributed by atoms with Crippen LogP contribution in [-0.2, 0) is 5.41 Å². The molecule has 0 saturated heterocycles. The molecule has 10 rings (SSSR count). The first-order chi connectivity index (χ1) is 23.1. The molecular weight excluding hydrogens is 565 g/mol. The Kier molecular flexibility index (Phi) is 5.44. The summed E-state index contributed by atoms with van der Waals surface area (Å²) in [5.74, 6) is 0. The highest BCUT2D eigenvalue weighted by molar-refractivity contribution is 6.21. The average molecular weight is 597 g/mol. The molecule has 0 heterocycles. The molecule has 1 aliphatic rings. The second-order valence-electron chi connectivity index (χ2n) is 13.6. The molecular formula is C47H32. The number of hydrogen-bond acceptors (Lipinski definition) is 0. The Hall–Kier alpha value is -5.72. The molecule has 0 amide bonds. The van der Waals surface area contributed by atoms with Crippen molar-refractivity contribution in [2.45, 2.75) is 19.3 Å². The quantitative estimate of drug-likeness (QED) is 0.138. The van der Waals surface area contributed by atoms with E-state index < -0.39 is 0 Å². The Morgan fingerprint density at radius 3 is 1.47 bits per heavy atom. The van der Waals surface area contributed by atoms with Crippen molar-refractivity contribution in [3.63, 3.8) is 0 Å². The van der Waals surface area contributed by atoms with Gasteiger partial charge in [0, 0.05) is 5.41 Å². The summed E-state index contributed by atoms with van der Waals surface area (Å²) in [6, 6.07) is 58.7. The maximum Gasteiger partial charge on any atom is 0.0171 e. The number of fused-ring (bicyclic) bond motifs is 12. The second kappa shape index (κ2) is 9.64. The molecule has 0 bridgehead atoms. The molecule has 0 N–H and O–H groups in total. The molecule has 0 nitrogen and oxygen atoms in total. The van der Waals surface area contributed by atoms with Crippen molar-refractivity contribution in [2.75, 3.05) is 0 Å². The van der Waals surface area contributed by atoms with Gasteiger partial charge in [-0.3, -0.25) is 0 Å². The number of benzene rings is 9. The number of hydrogen-bond donors (Lipinski definition) is 0. The highest BCUT2D eigenvalue weighted by Crippen LogP contribution is 2.57. The first-order valence-corrected chi connectivity index (χ1v) is 16.6. The van der Waals surface area contributed by atoms with Crippen LogP contribution in [0.25, 0.3) is 87.2 Å². The van der Waals surface area contributed by atoms with E-state index in [0.29, 0.717) is 0 Å². The molecule has 1 aliphatic carbocycles. The van der Waals surface area contributed by atoms with Crippen LogP contribution in [0.1, 0.15) is 25.0 Å².